The number of benzene rings is 1. The quantitative estimate of drug-likeness (QED) is 0.253. The second-order valence-electron chi connectivity index (χ2n) is 6.84. The minimum atomic E-state index is 0. The number of rotatable bonds is 1. The van der Waals surface area contributed by atoms with Crippen LogP contribution in [0, 0.1) is 6.42 Å². The average Bonchev–Trinajstić information content (AvgIpc) is 3.03. The van der Waals surface area contributed by atoms with Gasteiger partial charge in [0, 0.05) is 0 Å². The molecule has 1 aromatic rings. The monoisotopic (exact) mass is 431 g/mol. The molecular weight excluding hydrogens is 390 g/mol. The Balaban J connectivity index is -0.000000360. The van der Waals surface area contributed by atoms with Gasteiger partial charge in [-0.25, -0.2) is 12.0 Å². The van der Waals surface area contributed by atoms with Crippen LogP contribution in [0.1, 0.15) is 44.2 Å². The van der Waals surface area contributed by atoms with E-state index in [1.54, 1.807) is 53.4 Å². The van der Waals surface area contributed by atoms with Gasteiger partial charge in [-0.3, -0.25) is 0 Å². The van der Waals surface area contributed by atoms with Crippen molar-refractivity contribution in [3.8, 4) is 0 Å². The van der Waals surface area contributed by atoms with Crippen molar-refractivity contribution in [3.05, 3.63) is 87.6 Å². The third-order valence-electron chi connectivity index (χ3n) is 3.86. The molecule has 2 aliphatic rings. The van der Waals surface area contributed by atoms with Crippen LogP contribution in [0.5, 0.6) is 0 Å². The summed E-state index contributed by atoms with van der Waals surface area (Å²) in [5.74, 6) is 0. The van der Waals surface area contributed by atoms with E-state index in [-0.39, 0.29) is 21.7 Å². The van der Waals surface area contributed by atoms with Crippen molar-refractivity contribution in [2.45, 2.75) is 39.5 Å². The van der Waals surface area contributed by atoms with Crippen LogP contribution in [-0.2, 0) is 28.1 Å². The fourth-order valence-corrected chi connectivity index (χ4v) is 2.50. The maximum Gasteiger partial charge on any atom is 4.00 e. The Labute approximate surface area is 196 Å². The minimum absolute atomic E-state index is 0. The molecule has 29 heavy (non-hydrogen) atoms. The van der Waals surface area contributed by atoms with Gasteiger partial charge in [-0.15, -0.1) is 12.0 Å². The second-order valence-corrected chi connectivity index (χ2v) is 6.84. The number of hydrogen-bond donors (Lipinski definition) is 0. The molecule has 0 aliphatic heterocycles. The van der Waals surface area contributed by atoms with Gasteiger partial charge in [0.1, 0.15) is 0 Å². The number of hydrogen-bond acceptors (Lipinski definition) is 0. The van der Waals surface area contributed by atoms with E-state index in [9.17, 15) is 0 Å². The Morgan fingerprint density at radius 3 is 1.76 bits per heavy atom. The van der Waals surface area contributed by atoms with E-state index in [4.69, 9.17) is 0 Å². The summed E-state index contributed by atoms with van der Waals surface area (Å²) in [6, 6.07) is 8.85. The van der Waals surface area contributed by atoms with Crippen LogP contribution < -0.4 is 0 Å². The molecule has 0 saturated carbocycles. The SMILES string of the molecule is C=C(C)C(=C)C.C[N-]C.C[N-]C.C[N-]C.[Ti+4].c1ccc2c(c1)CC1=C2CCC[CH-]1. The molecule has 0 spiro atoms. The van der Waals surface area contributed by atoms with Gasteiger partial charge in [-0.1, -0.05) is 67.0 Å². The number of allylic oxidation sites excluding steroid dienone is 4. The van der Waals surface area contributed by atoms with Gasteiger partial charge in [0.15, 0.2) is 0 Å². The standard InChI is InChI=1S/C13H13.C6H10.3C2H6N.Ti/c1-3-7-12-10(5-1)9-11-6-2-4-8-13(11)12;1-5(2)6(3)4;3*1-3-2;/h1,3,5-7H,2,4,8-9H2;1,3H2,2,4H3;3*1-2H3;/q-1;;3*-1;+4. The van der Waals surface area contributed by atoms with Crippen LogP contribution in [0.4, 0.5) is 0 Å². The molecule has 160 valence electrons. The summed E-state index contributed by atoms with van der Waals surface area (Å²) in [5, 5.41) is 10.5. The van der Waals surface area contributed by atoms with Crippen molar-refractivity contribution in [2.75, 3.05) is 42.3 Å². The van der Waals surface area contributed by atoms with Crippen molar-refractivity contribution in [3.63, 3.8) is 0 Å². The van der Waals surface area contributed by atoms with E-state index < -0.39 is 0 Å². The van der Waals surface area contributed by atoms with Crippen molar-refractivity contribution < 1.29 is 21.7 Å². The van der Waals surface area contributed by atoms with Crippen molar-refractivity contribution in [2.24, 2.45) is 0 Å². The van der Waals surface area contributed by atoms with Crippen molar-refractivity contribution in [1.82, 2.24) is 0 Å². The second kappa shape index (κ2) is 21.6. The smallest absolute Gasteiger partial charge is 0.668 e. The normalized spacial score (nSPS) is 12.1. The summed E-state index contributed by atoms with van der Waals surface area (Å²) < 4.78 is 0. The summed E-state index contributed by atoms with van der Waals surface area (Å²) in [6.07, 6.45) is 7.53. The molecule has 1 aromatic carbocycles. The number of fused-ring (bicyclic) bond motifs is 2. The van der Waals surface area contributed by atoms with Crippen molar-refractivity contribution in [1.29, 1.82) is 0 Å². The molecule has 2 aliphatic carbocycles. The van der Waals surface area contributed by atoms with Gasteiger partial charge < -0.3 is 16.0 Å². The Hall–Kier alpha value is -1.10. The molecule has 0 bridgehead atoms. The molecule has 0 radical (unpaired) electrons. The van der Waals surface area contributed by atoms with Gasteiger partial charge in [-0.05, 0) is 20.3 Å². The van der Waals surface area contributed by atoms with Gasteiger partial charge in [0.2, 0.25) is 0 Å². The molecule has 3 rings (SSSR count). The minimum Gasteiger partial charge on any atom is -0.668 e. The van der Waals surface area contributed by atoms with E-state index >= 15 is 0 Å². The maximum absolute atomic E-state index is 3.66. The molecule has 0 heterocycles. The molecule has 0 atom stereocenters. The summed E-state index contributed by atoms with van der Waals surface area (Å²) >= 11 is 0. The molecule has 0 saturated heterocycles. The fraction of sp³-hybridized carbons (Fsp3) is 0.480. The first-order chi connectivity index (χ1) is 13.3. The van der Waals surface area contributed by atoms with E-state index in [2.05, 4.69) is 59.8 Å². The zero-order valence-corrected chi connectivity index (χ0v) is 21.5. The average molecular weight is 431 g/mol. The van der Waals surface area contributed by atoms with Crippen LogP contribution >= 0.6 is 0 Å². The van der Waals surface area contributed by atoms with E-state index in [1.807, 2.05) is 13.8 Å². The largest absolute Gasteiger partial charge is 4.00 e. The molecular formula is C25H41N3Ti. The molecule has 0 N–H and O–H groups in total. The molecule has 0 amide bonds. The van der Waals surface area contributed by atoms with E-state index in [1.165, 1.54) is 36.8 Å². The predicted molar refractivity (Wildman–Crippen MR) is 130 cm³/mol. The van der Waals surface area contributed by atoms with E-state index in [0.717, 1.165) is 11.1 Å². The topological polar surface area (TPSA) is 42.3 Å². The summed E-state index contributed by atoms with van der Waals surface area (Å²) in [4.78, 5) is 0. The number of nitrogens with zero attached hydrogens (tertiary/aromatic N) is 3. The summed E-state index contributed by atoms with van der Waals surface area (Å²) in [5.41, 5.74) is 8.42. The Morgan fingerprint density at radius 1 is 0.862 bits per heavy atom. The van der Waals surface area contributed by atoms with Gasteiger partial charge in [-0.2, -0.15) is 47.9 Å². The maximum atomic E-state index is 3.66. The molecule has 3 nitrogen and oxygen atoms in total. The molecule has 4 heteroatoms. The third-order valence-corrected chi connectivity index (χ3v) is 3.86. The van der Waals surface area contributed by atoms with Crippen LogP contribution in [0.2, 0.25) is 0 Å². The fourth-order valence-electron chi connectivity index (χ4n) is 2.50. The first-order valence-corrected chi connectivity index (χ1v) is 9.73. The molecule has 0 aromatic heterocycles. The first kappa shape index (κ1) is 32.6. The zero-order chi connectivity index (χ0) is 21.9. The Bertz CT molecular complexity index is 575. The van der Waals surface area contributed by atoms with Crippen LogP contribution in [0.15, 0.2) is 54.1 Å². The first-order valence-electron chi connectivity index (χ1n) is 9.73. The predicted octanol–water partition coefficient (Wildman–Crippen LogP) is 7.38. The Kier molecular flexibility index (Phi) is 24.3. The summed E-state index contributed by atoms with van der Waals surface area (Å²) in [7, 11) is 10.5. The molecule has 0 fully saturated rings. The van der Waals surface area contributed by atoms with E-state index in [0.29, 0.717) is 0 Å². The van der Waals surface area contributed by atoms with Crippen LogP contribution in [-0.4, -0.2) is 42.3 Å². The zero-order valence-electron chi connectivity index (χ0n) is 20.0. The summed E-state index contributed by atoms with van der Waals surface area (Å²) in [6.45, 7) is 11.2. The van der Waals surface area contributed by atoms with Crippen molar-refractivity contribution >= 4 is 5.57 Å². The van der Waals surface area contributed by atoms with Gasteiger partial charge in [0.25, 0.3) is 0 Å². The van der Waals surface area contributed by atoms with Crippen LogP contribution in [0.3, 0.4) is 0 Å². The molecule has 0 unspecified atom stereocenters. The Morgan fingerprint density at radius 2 is 1.31 bits per heavy atom. The van der Waals surface area contributed by atoms with Crippen LogP contribution in [0.25, 0.3) is 21.5 Å². The third kappa shape index (κ3) is 15.4. The van der Waals surface area contributed by atoms with Gasteiger partial charge in [0.05, 0.1) is 0 Å². The van der Waals surface area contributed by atoms with Gasteiger partial charge >= 0.3 is 21.7 Å².